The SMILES string of the molecule is Cc1sc(C(=O)N2c3ccccc3CC2C)cc1N. The number of rotatable bonds is 1. The Morgan fingerprint density at radius 1 is 1.42 bits per heavy atom. The Morgan fingerprint density at radius 2 is 2.16 bits per heavy atom. The summed E-state index contributed by atoms with van der Waals surface area (Å²) < 4.78 is 0. The van der Waals surface area contributed by atoms with Crippen LogP contribution in [-0.4, -0.2) is 11.9 Å². The standard InChI is InChI=1S/C15H16N2OS/c1-9-7-11-5-3-4-6-13(11)17(9)15(18)14-8-12(16)10(2)19-14/h3-6,8-9H,7,16H2,1-2H3. The van der Waals surface area contributed by atoms with Crippen molar-refractivity contribution in [1.82, 2.24) is 0 Å². The minimum Gasteiger partial charge on any atom is -0.398 e. The van der Waals surface area contributed by atoms with Crippen molar-refractivity contribution in [3.8, 4) is 0 Å². The zero-order valence-electron chi connectivity index (χ0n) is 11.0. The number of para-hydroxylation sites is 1. The molecule has 1 unspecified atom stereocenters. The normalized spacial score (nSPS) is 17.6. The van der Waals surface area contributed by atoms with Crippen LogP contribution in [0.25, 0.3) is 0 Å². The fraction of sp³-hybridized carbons (Fsp3) is 0.267. The van der Waals surface area contributed by atoms with E-state index in [1.54, 1.807) is 6.07 Å². The van der Waals surface area contributed by atoms with Gasteiger partial charge in [0.25, 0.3) is 5.91 Å². The minimum atomic E-state index is 0.0576. The maximum atomic E-state index is 12.7. The molecule has 1 aromatic carbocycles. The van der Waals surface area contributed by atoms with Crippen molar-refractivity contribution in [3.05, 3.63) is 45.6 Å². The number of benzene rings is 1. The number of hydrogen-bond acceptors (Lipinski definition) is 3. The number of fused-ring (bicyclic) bond motifs is 1. The van der Waals surface area contributed by atoms with Crippen LogP contribution >= 0.6 is 11.3 Å². The second-order valence-electron chi connectivity index (χ2n) is 4.98. The average Bonchev–Trinajstić information content (AvgIpc) is 2.89. The molecule has 0 saturated heterocycles. The molecule has 0 fully saturated rings. The van der Waals surface area contributed by atoms with Gasteiger partial charge in [0.1, 0.15) is 0 Å². The van der Waals surface area contributed by atoms with Crippen LogP contribution in [-0.2, 0) is 6.42 Å². The molecule has 0 saturated carbocycles. The van der Waals surface area contributed by atoms with Gasteiger partial charge in [-0.2, -0.15) is 0 Å². The number of carbonyl (C=O) groups excluding carboxylic acids is 1. The fourth-order valence-electron chi connectivity index (χ4n) is 2.60. The van der Waals surface area contributed by atoms with Gasteiger partial charge in [0.2, 0.25) is 0 Å². The number of carbonyl (C=O) groups is 1. The summed E-state index contributed by atoms with van der Waals surface area (Å²) in [4.78, 5) is 16.3. The molecule has 2 aromatic rings. The van der Waals surface area contributed by atoms with Crippen LogP contribution in [0, 0.1) is 6.92 Å². The average molecular weight is 272 g/mol. The van der Waals surface area contributed by atoms with Gasteiger partial charge in [0.05, 0.1) is 4.88 Å². The minimum absolute atomic E-state index is 0.0576. The highest BCUT2D eigenvalue weighted by Gasteiger charge is 2.31. The smallest absolute Gasteiger partial charge is 0.268 e. The van der Waals surface area contributed by atoms with Crippen molar-refractivity contribution in [2.24, 2.45) is 0 Å². The predicted octanol–water partition coefficient (Wildman–Crippen LogP) is 3.23. The number of nitrogens with zero attached hydrogens (tertiary/aromatic N) is 1. The third-order valence-corrected chi connectivity index (χ3v) is 4.65. The maximum Gasteiger partial charge on any atom is 0.268 e. The highest BCUT2D eigenvalue weighted by Crippen LogP contribution is 2.35. The first kappa shape index (κ1) is 12.2. The Balaban J connectivity index is 2.00. The van der Waals surface area contributed by atoms with Gasteiger partial charge in [-0.25, -0.2) is 0 Å². The van der Waals surface area contributed by atoms with Crippen molar-refractivity contribution < 1.29 is 4.79 Å². The summed E-state index contributed by atoms with van der Waals surface area (Å²) in [6.07, 6.45) is 0.918. The van der Waals surface area contributed by atoms with E-state index >= 15 is 0 Å². The molecule has 1 aromatic heterocycles. The molecule has 2 N–H and O–H groups in total. The summed E-state index contributed by atoms with van der Waals surface area (Å²) in [7, 11) is 0. The number of amides is 1. The van der Waals surface area contributed by atoms with Crippen LogP contribution in [0.1, 0.15) is 27.0 Å². The summed E-state index contributed by atoms with van der Waals surface area (Å²) in [6, 6.07) is 10.1. The first-order valence-electron chi connectivity index (χ1n) is 6.35. The quantitative estimate of drug-likeness (QED) is 0.866. The number of aryl methyl sites for hydroxylation is 1. The number of thiophene rings is 1. The largest absolute Gasteiger partial charge is 0.398 e. The Hall–Kier alpha value is -1.81. The molecule has 3 rings (SSSR count). The second-order valence-corrected chi connectivity index (χ2v) is 6.24. The van der Waals surface area contributed by atoms with Crippen LogP contribution in [0.5, 0.6) is 0 Å². The lowest BCUT2D eigenvalue weighted by Crippen LogP contribution is -2.35. The van der Waals surface area contributed by atoms with E-state index in [0.29, 0.717) is 5.69 Å². The van der Waals surface area contributed by atoms with Gasteiger partial charge < -0.3 is 10.6 Å². The zero-order chi connectivity index (χ0) is 13.6. The Kier molecular flexibility index (Phi) is 2.82. The van der Waals surface area contributed by atoms with E-state index in [-0.39, 0.29) is 11.9 Å². The van der Waals surface area contributed by atoms with Gasteiger partial charge in [-0.05, 0) is 38.0 Å². The van der Waals surface area contributed by atoms with Crippen LogP contribution in [0.3, 0.4) is 0 Å². The van der Waals surface area contributed by atoms with E-state index in [0.717, 1.165) is 21.9 Å². The summed E-state index contributed by atoms with van der Waals surface area (Å²) in [5.74, 6) is 0.0576. The first-order valence-corrected chi connectivity index (χ1v) is 7.17. The lowest BCUT2D eigenvalue weighted by atomic mass is 10.1. The summed E-state index contributed by atoms with van der Waals surface area (Å²) in [5.41, 5.74) is 8.82. The molecule has 3 nitrogen and oxygen atoms in total. The molecule has 0 spiro atoms. The van der Waals surface area contributed by atoms with Crippen molar-refractivity contribution >= 4 is 28.6 Å². The number of hydrogen-bond donors (Lipinski definition) is 1. The molecule has 0 aliphatic carbocycles. The van der Waals surface area contributed by atoms with Crippen LogP contribution < -0.4 is 10.6 Å². The Labute approximate surface area is 116 Å². The van der Waals surface area contributed by atoms with E-state index in [4.69, 9.17) is 5.73 Å². The third kappa shape index (κ3) is 1.92. The van der Waals surface area contributed by atoms with Crippen LogP contribution in [0.2, 0.25) is 0 Å². The molecule has 98 valence electrons. The molecule has 2 heterocycles. The molecule has 0 bridgehead atoms. The number of nitrogen functional groups attached to an aromatic ring is 1. The Bertz CT molecular complexity index is 628. The van der Waals surface area contributed by atoms with Crippen LogP contribution in [0.4, 0.5) is 11.4 Å². The van der Waals surface area contributed by atoms with Gasteiger partial charge in [0, 0.05) is 22.3 Å². The maximum absolute atomic E-state index is 12.7. The summed E-state index contributed by atoms with van der Waals surface area (Å²) in [5, 5.41) is 0. The number of anilines is 2. The van der Waals surface area contributed by atoms with Crippen molar-refractivity contribution in [3.63, 3.8) is 0 Å². The molecule has 0 radical (unpaired) electrons. The lowest BCUT2D eigenvalue weighted by molar-refractivity contribution is 0.0985. The van der Waals surface area contributed by atoms with Gasteiger partial charge in [-0.1, -0.05) is 18.2 Å². The zero-order valence-corrected chi connectivity index (χ0v) is 11.8. The van der Waals surface area contributed by atoms with E-state index in [1.807, 2.05) is 30.0 Å². The molecule has 4 heteroatoms. The summed E-state index contributed by atoms with van der Waals surface area (Å²) >= 11 is 1.47. The molecule has 1 aliphatic heterocycles. The van der Waals surface area contributed by atoms with Crippen molar-refractivity contribution in [2.45, 2.75) is 26.3 Å². The molecular formula is C15H16N2OS. The van der Waals surface area contributed by atoms with E-state index in [2.05, 4.69) is 13.0 Å². The topological polar surface area (TPSA) is 46.3 Å². The molecular weight excluding hydrogens is 256 g/mol. The van der Waals surface area contributed by atoms with Crippen molar-refractivity contribution in [1.29, 1.82) is 0 Å². The van der Waals surface area contributed by atoms with Gasteiger partial charge in [-0.3, -0.25) is 4.79 Å². The van der Waals surface area contributed by atoms with Crippen molar-refractivity contribution in [2.75, 3.05) is 10.6 Å². The molecule has 1 amide bonds. The predicted molar refractivity (Wildman–Crippen MR) is 79.9 cm³/mol. The molecule has 1 aliphatic rings. The highest BCUT2D eigenvalue weighted by molar-refractivity contribution is 7.14. The van der Waals surface area contributed by atoms with Crippen LogP contribution in [0.15, 0.2) is 30.3 Å². The van der Waals surface area contributed by atoms with E-state index < -0.39 is 0 Å². The molecule has 1 atom stereocenters. The summed E-state index contributed by atoms with van der Waals surface area (Å²) in [6.45, 7) is 4.03. The third-order valence-electron chi connectivity index (χ3n) is 3.59. The first-order chi connectivity index (χ1) is 9.08. The fourth-order valence-corrected chi connectivity index (χ4v) is 3.47. The van der Waals surface area contributed by atoms with E-state index in [1.165, 1.54) is 16.9 Å². The van der Waals surface area contributed by atoms with Gasteiger partial charge in [0.15, 0.2) is 0 Å². The highest BCUT2D eigenvalue weighted by atomic mass is 32.1. The Morgan fingerprint density at radius 3 is 2.84 bits per heavy atom. The monoisotopic (exact) mass is 272 g/mol. The molecule has 19 heavy (non-hydrogen) atoms. The number of nitrogens with two attached hydrogens (primary N) is 1. The second kappa shape index (κ2) is 4.38. The van der Waals surface area contributed by atoms with Gasteiger partial charge in [-0.15, -0.1) is 11.3 Å². The van der Waals surface area contributed by atoms with E-state index in [9.17, 15) is 4.79 Å². The lowest BCUT2D eigenvalue weighted by Gasteiger charge is -2.21. The van der Waals surface area contributed by atoms with Gasteiger partial charge >= 0.3 is 0 Å².